The molecule has 1 atom stereocenters. The van der Waals surface area contributed by atoms with Crippen LogP contribution in [0.5, 0.6) is 0 Å². The summed E-state index contributed by atoms with van der Waals surface area (Å²) in [7, 11) is 0. The van der Waals surface area contributed by atoms with Crippen molar-refractivity contribution >= 4 is 41.2 Å². The van der Waals surface area contributed by atoms with Crippen LogP contribution in [-0.2, 0) is 6.54 Å². The maximum atomic E-state index is 6.63. The molecule has 1 aromatic heterocycles. The van der Waals surface area contributed by atoms with Crippen LogP contribution in [0, 0.1) is 0 Å². The molecule has 0 aliphatic carbocycles. The molecule has 1 unspecified atom stereocenters. The number of nitrogens with one attached hydrogen (secondary N) is 1. The van der Waals surface area contributed by atoms with E-state index in [0.29, 0.717) is 12.5 Å². The fraction of sp³-hybridized carbons (Fsp3) is 0.158. The zero-order chi connectivity index (χ0) is 17.9. The molecule has 2 aliphatic heterocycles. The number of anilines is 1. The number of hydrogen-bond donors (Lipinski definition) is 1. The molecule has 2 aromatic rings. The van der Waals surface area contributed by atoms with Gasteiger partial charge in [0.25, 0.3) is 0 Å². The number of aliphatic imine (C=N–C) groups is 2. The van der Waals surface area contributed by atoms with Crippen LogP contribution < -0.4 is 5.32 Å². The highest BCUT2D eigenvalue weighted by atomic mass is 35.5. The number of dihydropyridines is 1. The molecule has 0 spiro atoms. The third kappa shape index (κ3) is 3.54. The van der Waals surface area contributed by atoms with E-state index in [1.165, 1.54) is 0 Å². The van der Waals surface area contributed by atoms with E-state index in [4.69, 9.17) is 23.2 Å². The first-order chi connectivity index (χ1) is 12.7. The van der Waals surface area contributed by atoms with Crippen molar-refractivity contribution in [2.24, 2.45) is 9.98 Å². The molecule has 4 rings (SSSR count). The summed E-state index contributed by atoms with van der Waals surface area (Å²) in [6.45, 7) is 0.619. The van der Waals surface area contributed by atoms with Crippen LogP contribution in [0.1, 0.15) is 22.9 Å². The second-order valence-corrected chi connectivity index (χ2v) is 6.76. The Balaban J connectivity index is 1.41. The summed E-state index contributed by atoms with van der Waals surface area (Å²) in [5.41, 5.74) is 3.85. The van der Waals surface area contributed by atoms with Gasteiger partial charge in [-0.1, -0.05) is 29.8 Å². The van der Waals surface area contributed by atoms with Crippen molar-refractivity contribution in [1.82, 2.24) is 9.97 Å². The maximum absolute atomic E-state index is 6.63. The van der Waals surface area contributed by atoms with E-state index >= 15 is 0 Å². The zero-order valence-electron chi connectivity index (χ0n) is 13.7. The van der Waals surface area contributed by atoms with Gasteiger partial charge in [-0.15, -0.1) is 11.6 Å². The molecule has 5 nitrogen and oxygen atoms in total. The number of benzene rings is 1. The molecule has 1 N–H and O–H groups in total. The standard InChI is InChI=1S/C19H15Cl2N5/c20-14-5-3-12(4-6-14)8-24-19-25-9-13(10-26-19)17(21)16-11-23-18-15(16)2-1-7-22-18/h2-7,9-11,17H,1,8H2,(H,24,25,26). The van der Waals surface area contributed by atoms with Gasteiger partial charge in [-0.2, -0.15) is 0 Å². The van der Waals surface area contributed by atoms with Crippen molar-refractivity contribution in [3.8, 4) is 0 Å². The summed E-state index contributed by atoms with van der Waals surface area (Å²) in [6.07, 6.45) is 9.96. The van der Waals surface area contributed by atoms with Gasteiger partial charge >= 0.3 is 0 Å². The molecule has 0 saturated carbocycles. The SMILES string of the molecule is Clc1ccc(CNc2ncc(C(Cl)C3=CN=C4N=CCC=C34)cn2)cc1. The third-order valence-electron chi connectivity index (χ3n) is 4.12. The van der Waals surface area contributed by atoms with Crippen LogP contribution in [0.4, 0.5) is 5.95 Å². The maximum Gasteiger partial charge on any atom is 0.222 e. The molecule has 26 heavy (non-hydrogen) atoms. The van der Waals surface area contributed by atoms with Crippen LogP contribution in [-0.4, -0.2) is 22.0 Å². The van der Waals surface area contributed by atoms with Crippen molar-refractivity contribution in [2.45, 2.75) is 18.3 Å². The Morgan fingerprint density at radius 1 is 1.12 bits per heavy atom. The summed E-state index contributed by atoms with van der Waals surface area (Å²) < 4.78 is 0. The normalized spacial score (nSPS) is 16.5. The first-order valence-corrected chi connectivity index (χ1v) is 8.98. The molecule has 2 aliphatic rings. The largest absolute Gasteiger partial charge is 0.350 e. The fourth-order valence-corrected chi connectivity index (χ4v) is 3.16. The van der Waals surface area contributed by atoms with E-state index < -0.39 is 0 Å². The first kappa shape index (κ1) is 16.9. The van der Waals surface area contributed by atoms with Crippen LogP contribution in [0.15, 0.2) is 70.1 Å². The summed E-state index contributed by atoms with van der Waals surface area (Å²) in [4.78, 5) is 17.3. The summed E-state index contributed by atoms with van der Waals surface area (Å²) >= 11 is 12.5. The highest BCUT2D eigenvalue weighted by Crippen LogP contribution is 2.37. The van der Waals surface area contributed by atoms with E-state index in [1.807, 2.05) is 30.5 Å². The van der Waals surface area contributed by atoms with Gasteiger partial charge in [0.2, 0.25) is 5.95 Å². The minimum absolute atomic E-state index is 0.360. The highest BCUT2D eigenvalue weighted by Gasteiger charge is 2.25. The number of fused-ring (bicyclic) bond motifs is 1. The highest BCUT2D eigenvalue weighted by molar-refractivity contribution is 6.30. The number of allylic oxidation sites excluding steroid dienone is 1. The van der Waals surface area contributed by atoms with Crippen molar-refractivity contribution in [1.29, 1.82) is 0 Å². The molecule has 3 heterocycles. The molecule has 0 radical (unpaired) electrons. The number of halogens is 2. The average molecular weight is 384 g/mol. The van der Waals surface area contributed by atoms with Crippen LogP contribution in [0.25, 0.3) is 0 Å². The molecular formula is C19H15Cl2N5. The predicted octanol–water partition coefficient (Wildman–Crippen LogP) is 4.72. The van der Waals surface area contributed by atoms with Gasteiger partial charge in [0, 0.05) is 59.5 Å². The zero-order valence-corrected chi connectivity index (χ0v) is 15.2. The Morgan fingerprint density at radius 3 is 2.65 bits per heavy atom. The van der Waals surface area contributed by atoms with Crippen molar-refractivity contribution in [3.63, 3.8) is 0 Å². The average Bonchev–Trinajstić information content (AvgIpc) is 3.11. The van der Waals surface area contributed by atoms with Gasteiger partial charge in [-0.3, -0.25) is 0 Å². The first-order valence-electron chi connectivity index (χ1n) is 8.16. The smallest absolute Gasteiger partial charge is 0.222 e. The minimum atomic E-state index is -0.360. The number of rotatable bonds is 5. The second kappa shape index (κ2) is 7.40. The molecule has 0 fully saturated rings. The summed E-state index contributed by atoms with van der Waals surface area (Å²) in [6, 6.07) is 7.64. The van der Waals surface area contributed by atoms with Gasteiger partial charge in [-0.05, 0) is 17.7 Å². The van der Waals surface area contributed by atoms with Gasteiger partial charge in [-0.25, -0.2) is 20.0 Å². The second-order valence-electron chi connectivity index (χ2n) is 5.88. The molecule has 1 aromatic carbocycles. The number of alkyl halides is 1. The predicted molar refractivity (Wildman–Crippen MR) is 106 cm³/mol. The Hall–Kier alpha value is -2.50. The Bertz CT molecular complexity index is 927. The van der Waals surface area contributed by atoms with Crippen LogP contribution in [0.3, 0.4) is 0 Å². The van der Waals surface area contributed by atoms with Crippen LogP contribution >= 0.6 is 23.2 Å². The molecule has 0 bridgehead atoms. The van der Waals surface area contributed by atoms with E-state index in [2.05, 4.69) is 31.3 Å². The number of aromatic nitrogens is 2. The van der Waals surface area contributed by atoms with Crippen molar-refractivity contribution < 1.29 is 0 Å². The van der Waals surface area contributed by atoms with Crippen LogP contribution in [0.2, 0.25) is 5.02 Å². The lowest BCUT2D eigenvalue weighted by molar-refractivity contribution is 1.01. The molecular weight excluding hydrogens is 369 g/mol. The van der Waals surface area contributed by atoms with E-state index in [9.17, 15) is 0 Å². The Morgan fingerprint density at radius 2 is 1.88 bits per heavy atom. The lowest BCUT2D eigenvalue weighted by Crippen LogP contribution is -2.08. The Kier molecular flexibility index (Phi) is 4.82. The van der Waals surface area contributed by atoms with E-state index in [1.54, 1.807) is 18.6 Å². The molecule has 130 valence electrons. The third-order valence-corrected chi connectivity index (χ3v) is 4.86. The number of hydrogen-bond acceptors (Lipinski definition) is 5. The lowest BCUT2D eigenvalue weighted by atomic mass is 9.99. The van der Waals surface area contributed by atoms with Gasteiger partial charge < -0.3 is 5.32 Å². The van der Waals surface area contributed by atoms with Gasteiger partial charge in [0.05, 0.1) is 5.38 Å². The lowest BCUT2D eigenvalue weighted by Gasteiger charge is -2.14. The molecule has 7 heteroatoms. The topological polar surface area (TPSA) is 62.5 Å². The van der Waals surface area contributed by atoms with Crippen molar-refractivity contribution in [2.75, 3.05) is 5.32 Å². The fourth-order valence-electron chi connectivity index (χ4n) is 2.75. The summed E-state index contributed by atoms with van der Waals surface area (Å²) in [5, 5.41) is 3.54. The van der Waals surface area contributed by atoms with Crippen molar-refractivity contribution in [3.05, 3.63) is 76.2 Å². The van der Waals surface area contributed by atoms with Gasteiger partial charge in [0.15, 0.2) is 5.84 Å². The van der Waals surface area contributed by atoms with E-state index in [0.717, 1.165) is 39.6 Å². The van der Waals surface area contributed by atoms with E-state index in [-0.39, 0.29) is 5.38 Å². The Labute approximate surface area is 161 Å². The monoisotopic (exact) mass is 383 g/mol. The number of amidine groups is 1. The summed E-state index contributed by atoms with van der Waals surface area (Å²) in [5.74, 6) is 1.27. The minimum Gasteiger partial charge on any atom is -0.350 e. The van der Waals surface area contributed by atoms with Gasteiger partial charge in [0.1, 0.15) is 0 Å². The number of nitrogens with zero attached hydrogens (tertiary/aromatic N) is 4. The quantitative estimate of drug-likeness (QED) is 0.759. The molecule has 0 saturated heterocycles. The molecule has 0 amide bonds.